The molecule has 2 aromatic rings. The molecule has 2 rings (SSSR count). The van der Waals surface area contributed by atoms with Crippen molar-refractivity contribution in [3.8, 4) is 5.69 Å². The summed E-state index contributed by atoms with van der Waals surface area (Å²) in [7, 11) is 0. The zero-order valence-corrected chi connectivity index (χ0v) is 7.60. The fourth-order valence-corrected chi connectivity index (χ4v) is 1.14. The summed E-state index contributed by atoms with van der Waals surface area (Å²) in [5.41, 5.74) is 1.97. The van der Waals surface area contributed by atoms with Gasteiger partial charge in [-0.3, -0.25) is 4.98 Å². The van der Waals surface area contributed by atoms with Crippen LogP contribution < -0.4 is 0 Å². The van der Waals surface area contributed by atoms with Crippen LogP contribution in [0, 0.1) is 13.8 Å². The molecule has 0 aliphatic carbocycles. The van der Waals surface area contributed by atoms with Gasteiger partial charge in [0.1, 0.15) is 12.2 Å². The van der Waals surface area contributed by atoms with Crippen molar-refractivity contribution >= 4 is 0 Å². The molecule has 0 aliphatic rings. The second-order valence-electron chi connectivity index (χ2n) is 2.89. The summed E-state index contributed by atoms with van der Waals surface area (Å²) in [6.07, 6.45) is 3.46. The monoisotopic (exact) mass is 174 g/mol. The van der Waals surface area contributed by atoms with Crippen molar-refractivity contribution in [1.82, 2.24) is 19.7 Å². The lowest BCUT2D eigenvalue weighted by Crippen LogP contribution is -1.95. The maximum Gasteiger partial charge on any atom is 0.147 e. The van der Waals surface area contributed by atoms with Gasteiger partial charge in [-0.1, -0.05) is 0 Å². The first kappa shape index (κ1) is 7.91. The molecule has 0 aliphatic heterocycles. The van der Waals surface area contributed by atoms with Crippen LogP contribution in [-0.2, 0) is 0 Å². The van der Waals surface area contributed by atoms with E-state index in [2.05, 4.69) is 15.1 Å². The maximum absolute atomic E-state index is 4.20. The third-order valence-electron chi connectivity index (χ3n) is 1.75. The van der Waals surface area contributed by atoms with Gasteiger partial charge in [-0.15, -0.1) is 0 Å². The highest BCUT2D eigenvalue weighted by molar-refractivity contribution is 5.29. The van der Waals surface area contributed by atoms with E-state index in [1.54, 1.807) is 17.2 Å². The van der Waals surface area contributed by atoms with Gasteiger partial charge >= 0.3 is 0 Å². The molecule has 0 spiro atoms. The van der Waals surface area contributed by atoms with Crippen molar-refractivity contribution in [2.45, 2.75) is 13.8 Å². The number of hydrogen-bond donors (Lipinski definition) is 0. The molecule has 4 nitrogen and oxygen atoms in total. The van der Waals surface area contributed by atoms with E-state index in [9.17, 15) is 0 Å². The molecule has 0 bridgehead atoms. The summed E-state index contributed by atoms with van der Waals surface area (Å²) >= 11 is 0. The minimum absolute atomic E-state index is 0.773. The quantitative estimate of drug-likeness (QED) is 0.654. The van der Waals surface area contributed by atoms with Crippen molar-refractivity contribution < 1.29 is 0 Å². The van der Waals surface area contributed by atoms with Crippen LogP contribution >= 0.6 is 0 Å². The summed E-state index contributed by atoms with van der Waals surface area (Å²) < 4.78 is 1.74. The summed E-state index contributed by atoms with van der Waals surface area (Å²) in [4.78, 5) is 8.16. The van der Waals surface area contributed by atoms with Gasteiger partial charge in [-0.05, 0) is 26.0 Å². The molecular weight excluding hydrogens is 164 g/mol. The predicted molar refractivity (Wildman–Crippen MR) is 48.6 cm³/mol. The third-order valence-corrected chi connectivity index (χ3v) is 1.75. The number of rotatable bonds is 1. The van der Waals surface area contributed by atoms with E-state index in [0.29, 0.717) is 0 Å². The summed E-state index contributed by atoms with van der Waals surface area (Å²) in [6, 6.07) is 3.87. The van der Waals surface area contributed by atoms with Crippen LogP contribution in [0.2, 0.25) is 0 Å². The Hall–Kier alpha value is -1.71. The molecule has 2 aromatic heterocycles. The van der Waals surface area contributed by atoms with Crippen LogP contribution in [0.1, 0.15) is 11.5 Å². The minimum atomic E-state index is 0.773. The molecule has 0 aromatic carbocycles. The number of nitrogens with zero attached hydrogens (tertiary/aromatic N) is 4. The van der Waals surface area contributed by atoms with E-state index in [0.717, 1.165) is 17.2 Å². The molecule has 13 heavy (non-hydrogen) atoms. The lowest BCUT2D eigenvalue weighted by molar-refractivity contribution is 0.857. The van der Waals surface area contributed by atoms with Crippen LogP contribution in [0.5, 0.6) is 0 Å². The molecule has 0 unspecified atom stereocenters. The normalized spacial score (nSPS) is 10.3. The van der Waals surface area contributed by atoms with Gasteiger partial charge in [0.2, 0.25) is 0 Å². The smallest absolute Gasteiger partial charge is 0.147 e. The SMILES string of the molecule is Cc1cc(-n2cnc(C)n2)ccn1. The van der Waals surface area contributed by atoms with E-state index >= 15 is 0 Å². The molecule has 2 heterocycles. The van der Waals surface area contributed by atoms with Crippen molar-refractivity contribution in [3.63, 3.8) is 0 Å². The Balaban J connectivity index is 2.46. The van der Waals surface area contributed by atoms with E-state index < -0.39 is 0 Å². The Morgan fingerprint density at radius 3 is 2.69 bits per heavy atom. The molecule has 0 saturated heterocycles. The molecule has 4 heteroatoms. The van der Waals surface area contributed by atoms with Crippen molar-refractivity contribution in [2.24, 2.45) is 0 Å². The first-order valence-electron chi connectivity index (χ1n) is 4.07. The van der Waals surface area contributed by atoms with Gasteiger partial charge in [0.05, 0.1) is 5.69 Å². The molecule has 0 fully saturated rings. The first-order valence-corrected chi connectivity index (χ1v) is 4.07. The summed E-state index contributed by atoms with van der Waals surface area (Å²) in [6.45, 7) is 3.82. The average molecular weight is 174 g/mol. The van der Waals surface area contributed by atoms with Gasteiger partial charge in [0, 0.05) is 11.9 Å². The Bertz CT molecular complexity index is 419. The first-order chi connectivity index (χ1) is 6.25. The number of pyridine rings is 1. The second kappa shape index (κ2) is 2.97. The molecule has 0 N–H and O–H groups in total. The van der Waals surface area contributed by atoms with E-state index in [1.807, 2.05) is 26.0 Å². The molecule has 0 atom stereocenters. The highest BCUT2D eigenvalue weighted by Crippen LogP contribution is 2.05. The van der Waals surface area contributed by atoms with Crippen LogP contribution in [0.25, 0.3) is 5.69 Å². The standard InChI is InChI=1S/C9H10N4/c1-7-5-9(3-4-10-7)13-6-11-8(2)12-13/h3-6H,1-2H3. The maximum atomic E-state index is 4.20. The molecular formula is C9H10N4. The second-order valence-corrected chi connectivity index (χ2v) is 2.89. The molecule has 0 saturated carbocycles. The molecule has 0 amide bonds. The van der Waals surface area contributed by atoms with Gasteiger partial charge in [0.15, 0.2) is 0 Å². The zero-order chi connectivity index (χ0) is 9.26. The van der Waals surface area contributed by atoms with Crippen molar-refractivity contribution in [3.05, 3.63) is 36.2 Å². The van der Waals surface area contributed by atoms with Crippen LogP contribution in [0.4, 0.5) is 0 Å². The van der Waals surface area contributed by atoms with Crippen molar-refractivity contribution in [2.75, 3.05) is 0 Å². The number of aryl methyl sites for hydroxylation is 2. The highest BCUT2D eigenvalue weighted by atomic mass is 15.3. The summed E-state index contributed by atoms with van der Waals surface area (Å²) in [5, 5.41) is 4.20. The van der Waals surface area contributed by atoms with Gasteiger partial charge in [-0.2, -0.15) is 5.10 Å². The van der Waals surface area contributed by atoms with Gasteiger partial charge < -0.3 is 0 Å². The van der Waals surface area contributed by atoms with Crippen LogP contribution in [-0.4, -0.2) is 19.7 Å². The Kier molecular flexibility index (Phi) is 1.81. The Morgan fingerprint density at radius 2 is 2.08 bits per heavy atom. The predicted octanol–water partition coefficient (Wildman–Crippen LogP) is 1.28. The van der Waals surface area contributed by atoms with Crippen LogP contribution in [0.15, 0.2) is 24.7 Å². The highest BCUT2D eigenvalue weighted by Gasteiger charge is 1.98. The fraction of sp³-hybridized carbons (Fsp3) is 0.222. The Labute approximate surface area is 76.3 Å². The zero-order valence-electron chi connectivity index (χ0n) is 7.60. The molecule has 0 radical (unpaired) electrons. The third kappa shape index (κ3) is 1.56. The van der Waals surface area contributed by atoms with Crippen molar-refractivity contribution in [1.29, 1.82) is 0 Å². The van der Waals surface area contributed by atoms with Crippen LogP contribution in [0.3, 0.4) is 0 Å². The average Bonchev–Trinajstić information content (AvgIpc) is 2.52. The fourth-order valence-electron chi connectivity index (χ4n) is 1.14. The molecule has 66 valence electrons. The largest absolute Gasteiger partial charge is 0.261 e. The topological polar surface area (TPSA) is 43.6 Å². The lowest BCUT2D eigenvalue weighted by atomic mass is 10.3. The summed E-state index contributed by atoms with van der Waals surface area (Å²) in [5.74, 6) is 0.773. The van der Waals surface area contributed by atoms with E-state index in [1.165, 1.54) is 0 Å². The Morgan fingerprint density at radius 1 is 1.23 bits per heavy atom. The van der Waals surface area contributed by atoms with Gasteiger partial charge in [-0.25, -0.2) is 9.67 Å². The number of hydrogen-bond acceptors (Lipinski definition) is 3. The van der Waals surface area contributed by atoms with E-state index in [-0.39, 0.29) is 0 Å². The van der Waals surface area contributed by atoms with E-state index in [4.69, 9.17) is 0 Å². The van der Waals surface area contributed by atoms with Gasteiger partial charge in [0.25, 0.3) is 0 Å². The minimum Gasteiger partial charge on any atom is -0.261 e. The number of aromatic nitrogens is 4. The lowest BCUT2D eigenvalue weighted by Gasteiger charge is -1.99.